The van der Waals surface area contributed by atoms with Crippen LogP contribution in [0.4, 0.5) is 0 Å². The number of aromatic nitrogens is 4. The van der Waals surface area contributed by atoms with E-state index in [2.05, 4.69) is 31.8 Å². The minimum absolute atomic E-state index is 0.996. The van der Waals surface area contributed by atoms with Crippen molar-refractivity contribution in [1.29, 1.82) is 0 Å². The van der Waals surface area contributed by atoms with Crippen molar-refractivity contribution < 1.29 is 0 Å². The molecule has 0 saturated carbocycles. The molecule has 3 aromatic heterocycles. The third-order valence-corrected chi connectivity index (χ3v) is 3.46. The van der Waals surface area contributed by atoms with Crippen LogP contribution < -0.4 is 0 Å². The summed E-state index contributed by atoms with van der Waals surface area (Å²) < 4.78 is 2.13. The van der Waals surface area contributed by atoms with Crippen molar-refractivity contribution in [2.45, 2.75) is 32.2 Å². The van der Waals surface area contributed by atoms with Crippen LogP contribution >= 0.6 is 0 Å². The van der Waals surface area contributed by atoms with Crippen LogP contribution in [-0.4, -0.2) is 19.5 Å². The topological polar surface area (TPSA) is 46.5 Å². The van der Waals surface area contributed by atoms with Gasteiger partial charge in [-0.1, -0.05) is 6.42 Å². The monoisotopic (exact) mass is 254 g/mol. The third kappa shape index (κ3) is 2.84. The number of rotatable bonds is 6. The van der Waals surface area contributed by atoms with E-state index >= 15 is 0 Å². The van der Waals surface area contributed by atoms with Gasteiger partial charge in [-0.3, -0.25) is 0 Å². The summed E-state index contributed by atoms with van der Waals surface area (Å²) in [5, 5.41) is 1.26. The number of aryl methyl sites for hydroxylation is 2. The van der Waals surface area contributed by atoms with Gasteiger partial charge in [-0.15, -0.1) is 0 Å². The van der Waals surface area contributed by atoms with Crippen molar-refractivity contribution in [2.24, 2.45) is 0 Å². The summed E-state index contributed by atoms with van der Waals surface area (Å²) in [6, 6.07) is 4.14. The first kappa shape index (κ1) is 12.0. The van der Waals surface area contributed by atoms with Crippen molar-refractivity contribution in [1.82, 2.24) is 19.5 Å². The van der Waals surface area contributed by atoms with Crippen molar-refractivity contribution >= 4 is 11.0 Å². The molecule has 4 heteroatoms. The van der Waals surface area contributed by atoms with Crippen LogP contribution in [0.5, 0.6) is 0 Å². The molecule has 0 bridgehead atoms. The van der Waals surface area contributed by atoms with Gasteiger partial charge in [0.25, 0.3) is 0 Å². The maximum atomic E-state index is 4.31. The summed E-state index contributed by atoms with van der Waals surface area (Å²) in [5.41, 5.74) is 2.38. The third-order valence-electron chi connectivity index (χ3n) is 3.46. The van der Waals surface area contributed by atoms with Gasteiger partial charge in [0.1, 0.15) is 5.65 Å². The molecule has 3 heterocycles. The second-order valence-corrected chi connectivity index (χ2v) is 4.82. The van der Waals surface area contributed by atoms with Crippen molar-refractivity contribution in [3.05, 3.63) is 48.8 Å². The molecule has 1 N–H and O–H groups in total. The molecule has 3 rings (SSSR count). The average Bonchev–Trinajstić information content (AvgIpc) is 3.08. The Morgan fingerprint density at radius 3 is 3.05 bits per heavy atom. The minimum atomic E-state index is 0.996. The van der Waals surface area contributed by atoms with E-state index in [4.69, 9.17) is 0 Å². The van der Waals surface area contributed by atoms with E-state index in [1.807, 2.05) is 31.0 Å². The lowest BCUT2D eigenvalue weighted by Crippen LogP contribution is -1.94. The predicted molar refractivity (Wildman–Crippen MR) is 75.9 cm³/mol. The number of aromatic amines is 1. The van der Waals surface area contributed by atoms with Gasteiger partial charge in [-0.2, -0.15) is 0 Å². The smallest absolute Gasteiger partial charge is 0.137 e. The minimum Gasteiger partial charge on any atom is -0.346 e. The SMILES string of the molecule is c1cnc2[nH]cc(CCCCCn3ccnc3)c2c1. The quantitative estimate of drug-likeness (QED) is 0.687. The van der Waals surface area contributed by atoms with Gasteiger partial charge >= 0.3 is 0 Å². The fourth-order valence-corrected chi connectivity index (χ4v) is 2.43. The molecule has 0 aliphatic heterocycles. The maximum absolute atomic E-state index is 4.31. The Labute approximate surface area is 112 Å². The van der Waals surface area contributed by atoms with E-state index in [1.165, 1.54) is 30.2 Å². The number of nitrogens with zero attached hydrogens (tertiary/aromatic N) is 3. The standard InChI is InChI=1S/C15H18N4/c1(3-9-19-10-8-16-12-19)2-5-13-11-18-15-14(13)6-4-7-17-15/h4,6-8,10-12H,1-3,5,9H2,(H,17,18). The van der Waals surface area contributed by atoms with Gasteiger partial charge in [0.2, 0.25) is 0 Å². The first-order valence-electron chi connectivity index (χ1n) is 6.80. The molecule has 0 aliphatic rings. The second kappa shape index (κ2) is 5.69. The molecular weight excluding hydrogens is 236 g/mol. The van der Waals surface area contributed by atoms with Gasteiger partial charge in [-0.05, 0) is 37.0 Å². The van der Waals surface area contributed by atoms with Gasteiger partial charge in [-0.25, -0.2) is 9.97 Å². The Hall–Kier alpha value is -2.10. The molecule has 0 amide bonds. The Morgan fingerprint density at radius 1 is 1.16 bits per heavy atom. The van der Waals surface area contributed by atoms with Gasteiger partial charge in [0.05, 0.1) is 6.33 Å². The zero-order valence-electron chi connectivity index (χ0n) is 10.9. The summed E-state index contributed by atoms with van der Waals surface area (Å²) in [5.74, 6) is 0. The normalized spacial score (nSPS) is 11.2. The number of pyridine rings is 1. The van der Waals surface area contributed by atoms with Crippen LogP contribution in [0.3, 0.4) is 0 Å². The highest BCUT2D eigenvalue weighted by atomic mass is 15.0. The lowest BCUT2D eigenvalue weighted by molar-refractivity contribution is 0.587. The second-order valence-electron chi connectivity index (χ2n) is 4.82. The van der Waals surface area contributed by atoms with Gasteiger partial charge < -0.3 is 9.55 Å². The lowest BCUT2D eigenvalue weighted by Gasteiger charge is -2.02. The Morgan fingerprint density at radius 2 is 2.16 bits per heavy atom. The maximum Gasteiger partial charge on any atom is 0.137 e. The number of hydrogen-bond acceptors (Lipinski definition) is 2. The van der Waals surface area contributed by atoms with E-state index in [-0.39, 0.29) is 0 Å². The van der Waals surface area contributed by atoms with Crippen LogP contribution in [0.1, 0.15) is 24.8 Å². The highest BCUT2D eigenvalue weighted by Crippen LogP contribution is 2.18. The molecule has 0 aromatic carbocycles. The molecule has 0 unspecified atom stereocenters. The van der Waals surface area contributed by atoms with Crippen LogP contribution in [0.2, 0.25) is 0 Å². The predicted octanol–water partition coefficient (Wildman–Crippen LogP) is 3.17. The molecule has 0 saturated heterocycles. The number of hydrogen-bond donors (Lipinski definition) is 1. The van der Waals surface area contributed by atoms with E-state index in [0.29, 0.717) is 0 Å². The summed E-state index contributed by atoms with van der Waals surface area (Å²) in [4.78, 5) is 11.6. The van der Waals surface area contributed by atoms with Crippen LogP contribution in [-0.2, 0) is 13.0 Å². The zero-order valence-corrected chi connectivity index (χ0v) is 10.9. The largest absolute Gasteiger partial charge is 0.346 e. The van der Waals surface area contributed by atoms with Crippen LogP contribution in [0, 0.1) is 0 Å². The summed E-state index contributed by atoms with van der Waals surface area (Å²) in [7, 11) is 0. The number of H-pyrrole nitrogens is 1. The van der Waals surface area contributed by atoms with Crippen molar-refractivity contribution in [2.75, 3.05) is 0 Å². The van der Waals surface area contributed by atoms with Crippen molar-refractivity contribution in [3.63, 3.8) is 0 Å². The molecular formula is C15H18N4. The molecule has 0 spiro atoms. The number of nitrogens with one attached hydrogen (secondary N) is 1. The molecule has 4 nitrogen and oxygen atoms in total. The highest BCUT2D eigenvalue weighted by Gasteiger charge is 2.03. The van der Waals surface area contributed by atoms with Gasteiger partial charge in [0, 0.05) is 36.7 Å². The Bertz CT molecular complexity index is 624. The summed E-state index contributed by atoms with van der Waals surface area (Å²) in [6.07, 6.45) is 14.4. The van der Waals surface area contributed by atoms with E-state index < -0.39 is 0 Å². The van der Waals surface area contributed by atoms with Gasteiger partial charge in [0.15, 0.2) is 0 Å². The van der Waals surface area contributed by atoms with Crippen LogP contribution in [0.25, 0.3) is 11.0 Å². The first-order chi connectivity index (χ1) is 9.43. The number of fused-ring (bicyclic) bond motifs is 1. The summed E-state index contributed by atoms with van der Waals surface area (Å²) in [6.45, 7) is 1.06. The average molecular weight is 254 g/mol. The highest BCUT2D eigenvalue weighted by molar-refractivity contribution is 5.79. The zero-order chi connectivity index (χ0) is 12.9. The molecule has 19 heavy (non-hydrogen) atoms. The fraction of sp³-hybridized carbons (Fsp3) is 0.333. The number of unbranched alkanes of at least 4 members (excludes halogenated alkanes) is 2. The molecule has 3 aromatic rings. The molecule has 0 fully saturated rings. The molecule has 0 aliphatic carbocycles. The van der Waals surface area contributed by atoms with Crippen molar-refractivity contribution in [3.8, 4) is 0 Å². The lowest BCUT2D eigenvalue weighted by atomic mass is 10.1. The number of imidazole rings is 1. The Balaban J connectivity index is 1.47. The van der Waals surface area contributed by atoms with Crippen LogP contribution in [0.15, 0.2) is 43.2 Å². The van der Waals surface area contributed by atoms with E-state index in [0.717, 1.165) is 18.6 Å². The fourth-order valence-electron chi connectivity index (χ4n) is 2.43. The molecule has 0 radical (unpaired) electrons. The summed E-state index contributed by atoms with van der Waals surface area (Å²) >= 11 is 0. The molecule has 98 valence electrons. The molecule has 0 atom stereocenters. The van der Waals surface area contributed by atoms with E-state index in [9.17, 15) is 0 Å². The van der Waals surface area contributed by atoms with E-state index in [1.54, 1.807) is 0 Å². The Kier molecular flexibility index (Phi) is 3.58. The first-order valence-corrected chi connectivity index (χ1v) is 6.80.